The average molecular weight is 680 g/mol. The first-order chi connectivity index (χ1) is 26.0. The molecule has 8 aromatic rings. The first-order valence-electron chi connectivity index (χ1n) is 18.7. The van der Waals surface area contributed by atoms with Crippen LogP contribution in [0.4, 0.5) is 5.69 Å². The largest absolute Gasteiger partial charge is 0.253 e. The van der Waals surface area contributed by atoms with E-state index in [1.165, 1.54) is 93.5 Å². The van der Waals surface area contributed by atoms with Crippen molar-refractivity contribution in [2.45, 2.75) is 33.6 Å². The summed E-state index contributed by atoms with van der Waals surface area (Å²) >= 11 is 0. The van der Waals surface area contributed by atoms with Crippen LogP contribution in [0.25, 0.3) is 71.3 Å². The number of nitrogens with zero attached hydrogens (tertiary/aromatic N) is 1. The van der Waals surface area contributed by atoms with Gasteiger partial charge < -0.3 is 0 Å². The van der Waals surface area contributed by atoms with Gasteiger partial charge in [-0.25, -0.2) is 0 Å². The van der Waals surface area contributed by atoms with Crippen molar-refractivity contribution in [1.82, 2.24) is 0 Å². The summed E-state index contributed by atoms with van der Waals surface area (Å²) < 4.78 is 0. The van der Waals surface area contributed by atoms with Gasteiger partial charge in [-0.3, -0.25) is 4.99 Å². The standard InChI is InChI=1S/C52H41N/c1-34-14-4-8-18-43(34)44-31-30-41(33-49(44)36(3)53-50-23-13-5-15-35(50)2)38-24-27-39(28-25-38)51-45-19-9-11-21-47(45)52(48-22-12-10-20-46(48)51)42-29-26-37-16-6-7-17-40(37)32-42/h4-7,9-17,19-33H,8,18H2,1-3H3. The Bertz CT molecular complexity index is 2730. The minimum absolute atomic E-state index is 1.02. The molecule has 0 aliphatic heterocycles. The molecule has 1 heteroatoms. The van der Waals surface area contributed by atoms with Crippen LogP contribution < -0.4 is 0 Å². The maximum absolute atomic E-state index is 5.18. The molecule has 0 aromatic heterocycles. The van der Waals surface area contributed by atoms with Gasteiger partial charge in [-0.2, -0.15) is 0 Å². The highest BCUT2D eigenvalue weighted by Gasteiger charge is 2.18. The Morgan fingerprint density at radius 2 is 1.08 bits per heavy atom. The van der Waals surface area contributed by atoms with Gasteiger partial charge in [-0.1, -0.05) is 152 Å². The van der Waals surface area contributed by atoms with Crippen molar-refractivity contribution in [3.8, 4) is 33.4 Å². The number of hydrogen-bond donors (Lipinski definition) is 0. The molecule has 1 nitrogen and oxygen atoms in total. The molecule has 254 valence electrons. The molecule has 0 atom stereocenters. The number of aliphatic imine (C=N–C) groups is 1. The summed E-state index contributed by atoms with van der Waals surface area (Å²) in [5, 5.41) is 7.59. The molecule has 1 aliphatic carbocycles. The minimum atomic E-state index is 1.02. The van der Waals surface area contributed by atoms with Crippen LogP contribution in [0.1, 0.15) is 43.4 Å². The predicted molar refractivity (Wildman–Crippen MR) is 229 cm³/mol. The molecule has 0 amide bonds. The first kappa shape index (κ1) is 32.6. The summed E-state index contributed by atoms with van der Waals surface area (Å²) in [6.45, 7) is 6.52. The van der Waals surface area contributed by atoms with Gasteiger partial charge in [-0.15, -0.1) is 0 Å². The normalized spacial score (nSPS) is 13.4. The summed E-state index contributed by atoms with van der Waals surface area (Å²) in [4.78, 5) is 5.18. The maximum atomic E-state index is 5.18. The van der Waals surface area contributed by atoms with Crippen LogP contribution in [-0.4, -0.2) is 5.71 Å². The number of benzene rings is 8. The lowest BCUT2D eigenvalue weighted by Gasteiger charge is -2.19. The molecule has 0 saturated carbocycles. The van der Waals surface area contributed by atoms with Crippen molar-refractivity contribution in [2.24, 2.45) is 4.99 Å². The van der Waals surface area contributed by atoms with E-state index in [-0.39, 0.29) is 0 Å². The summed E-state index contributed by atoms with van der Waals surface area (Å²) in [5.41, 5.74) is 15.9. The highest BCUT2D eigenvalue weighted by Crippen LogP contribution is 2.44. The molecular formula is C52H41N. The lowest BCUT2D eigenvalue weighted by molar-refractivity contribution is 1.04. The molecule has 53 heavy (non-hydrogen) atoms. The lowest BCUT2D eigenvalue weighted by atomic mass is 9.85. The molecule has 1 aliphatic rings. The fraction of sp³-hybridized carbons (Fsp3) is 0.0962. The SMILES string of the molecule is CC(=Nc1ccccc1C)c1cc(-c2ccc(-c3c4ccccc4c(-c4ccc5ccccc5c4)c4ccccc34)cc2)ccc1C1=C(C)C=CCC1. The highest BCUT2D eigenvalue weighted by atomic mass is 14.7. The van der Waals surface area contributed by atoms with Crippen LogP contribution in [0.5, 0.6) is 0 Å². The topological polar surface area (TPSA) is 12.4 Å². The fourth-order valence-electron chi connectivity index (χ4n) is 8.27. The number of aryl methyl sites for hydroxylation is 1. The van der Waals surface area contributed by atoms with E-state index in [0.29, 0.717) is 0 Å². The van der Waals surface area contributed by atoms with Gasteiger partial charge in [0.05, 0.1) is 5.69 Å². The third-order valence-corrected chi connectivity index (χ3v) is 11.0. The van der Waals surface area contributed by atoms with Crippen molar-refractivity contribution in [3.63, 3.8) is 0 Å². The van der Waals surface area contributed by atoms with E-state index < -0.39 is 0 Å². The average Bonchev–Trinajstić information content (AvgIpc) is 3.20. The Morgan fingerprint density at radius 3 is 1.75 bits per heavy atom. The predicted octanol–water partition coefficient (Wildman–Crippen LogP) is 14.7. The number of rotatable bonds is 6. The molecular weight excluding hydrogens is 639 g/mol. The van der Waals surface area contributed by atoms with Crippen molar-refractivity contribution >= 4 is 49.3 Å². The second-order valence-corrected chi connectivity index (χ2v) is 14.3. The molecule has 0 bridgehead atoms. The molecule has 0 unspecified atom stereocenters. The van der Waals surface area contributed by atoms with Crippen LogP contribution in [0.15, 0.2) is 180 Å². The summed E-state index contributed by atoms with van der Waals surface area (Å²) in [6.07, 6.45) is 6.66. The van der Waals surface area contributed by atoms with Crippen molar-refractivity contribution < 1.29 is 0 Å². The minimum Gasteiger partial charge on any atom is -0.253 e. The molecule has 0 fully saturated rings. The molecule has 0 spiro atoms. The van der Waals surface area contributed by atoms with E-state index in [2.05, 4.69) is 191 Å². The zero-order chi connectivity index (χ0) is 35.9. The zero-order valence-corrected chi connectivity index (χ0v) is 30.5. The van der Waals surface area contributed by atoms with E-state index in [0.717, 1.165) is 24.2 Å². The van der Waals surface area contributed by atoms with Crippen LogP contribution in [0.3, 0.4) is 0 Å². The van der Waals surface area contributed by atoms with Gasteiger partial charge >= 0.3 is 0 Å². The Kier molecular flexibility index (Phi) is 8.41. The molecule has 0 N–H and O–H groups in total. The van der Waals surface area contributed by atoms with E-state index in [1.807, 2.05) is 0 Å². The quantitative estimate of drug-likeness (QED) is 0.123. The van der Waals surface area contributed by atoms with Crippen LogP contribution in [-0.2, 0) is 0 Å². The van der Waals surface area contributed by atoms with Crippen molar-refractivity contribution in [1.29, 1.82) is 0 Å². The molecule has 0 radical (unpaired) electrons. The van der Waals surface area contributed by atoms with E-state index in [9.17, 15) is 0 Å². The van der Waals surface area contributed by atoms with Gasteiger partial charge in [0.2, 0.25) is 0 Å². The monoisotopic (exact) mass is 679 g/mol. The van der Waals surface area contributed by atoms with Gasteiger partial charge in [-0.05, 0) is 140 Å². The van der Waals surface area contributed by atoms with Crippen LogP contribution in [0, 0.1) is 6.92 Å². The number of allylic oxidation sites excluding steroid dienone is 4. The van der Waals surface area contributed by atoms with Crippen LogP contribution in [0.2, 0.25) is 0 Å². The van der Waals surface area contributed by atoms with E-state index in [4.69, 9.17) is 4.99 Å². The number of para-hydroxylation sites is 1. The van der Waals surface area contributed by atoms with E-state index >= 15 is 0 Å². The molecule has 9 rings (SSSR count). The smallest absolute Gasteiger partial charge is 0.0662 e. The summed E-state index contributed by atoms with van der Waals surface area (Å²) in [6, 6.07) is 57.8. The van der Waals surface area contributed by atoms with Gasteiger partial charge in [0.1, 0.15) is 0 Å². The Labute approximate surface area is 312 Å². The number of hydrogen-bond acceptors (Lipinski definition) is 1. The Balaban J connectivity index is 1.17. The van der Waals surface area contributed by atoms with Gasteiger partial charge in [0.15, 0.2) is 0 Å². The molecule has 8 aromatic carbocycles. The third kappa shape index (κ3) is 5.99. The van der Waals surface area contributed by atoms with E-state index in [1.54, 1.807) is 0 Å². The first-order valence-corrected chi connectivity index (χ1v) is 18.7. The highest BCUT2D eigenvalue weighted by molar-refractivity contribution is 6.21. The number of fused-ring (bicyclic) bond motifs is 3. The lowest BCUT2D eigenvalue weighted by Crippen LogP contribution is -2.04. The fourth-order valence-corrected chi connectivity index (χ4v) is 8.27. The van der Waals surface area contributed by atoms with Crippen molar-refractivity contribution in [2.75, 3.05) is 0 Å². The van der Waals surface area contributed by atoms with Gasteiger partial charge in [0.25, 0.3) is 0 Å². The maximum Gasteiger partial charge on any atom is 0.0662 e. The van der Waals surface area contributed by atoms with Gasteiger partial charge in [0, 0.05) is 11.3 Å². The summed E-state index contributed by atoms with van der Waals surface area (Å²) in [7, 11) is 0. The third-order valence-electron chi connectivity index (χ3n) is 11.0. The second kappa shape index (κ2) is 13.7. The zero-order valence-electron chi connectivity index (χ0n) is 30.5. The van der Waals surface area contributed by atoms with Crippen LogP contribution >= 0.6 is 0 Å². The summed E-state index contributed by atoms with van der Waals surface area (Å²) in [5.74, 6) is 0. The van der Waals surface area contributed by atoms with Crippen molar-refractivity contribution in [3.05, 3.63) is 192 Å². The Hall–Kier alpha value is -6.31. The second-order valence-electron chi connectivity index (χ2n) is 14.3. The Morgan fingerprint density at radius 1 is 0.509 bits per heavy atom. The molecule has 0 heterocycles. The molecule has 0 saturated heterocycles.